The molecule has 1 aromatic carbocycles. The van der Waals surface area contributed by atoms with Crippen molar-refractivity contribution in [2.45, 2.75) is 91.1 Å². The summed E-state index contributed by atoms with van der Waals surface area (Å²) in [6, 6.07) is 3.01. The lowest BCUT2D eigenvalue weighted by atomic mass is 9.43. The number of esters is 1. The highest BCUT2D eigenvalue weighted by atomic mass is 19.1. The summed E-state index contributed by atoms with van der Waals surface area (Å²) in [5.41, 5.74) is -0.999. The van der Waals surface area contributed by atoms with Crippen molar-refractivity contribution in [1.82, 2.24) is 0 Å². The van der Waals surface area contributed by atoms with Crippen LogP contribution in [0.4, 0.5) is 4.39 Å². The average molecular weight is 542 g/mol. The second-order valence-electron chi connectivity index (χ2n) is 13.0. The van der Waals surface area contributed by atoms with Gasteiger partial charge in [-0.25, -0.2) is 9.18 Å². The molecule has 212 valence electrons. The first-order valence-corrected chi connectivity index (χ1v) is 14.1. The number of aliphatic hydroxyl groups excluding tert-OH is 2. The lowest BCUT2D eigenvalue weighted by molar-refractivity contribution is -0.224. The molecular formula is C30H40BFO7. The molecule has 3 aliphatic carbocycles. The highest BCUT2D eigenvalue weighted by Crippen LogP contribution is 2.69. The van der Waals surface area contributed by atoms with Crippen LogP contribution in [0.15, 0.2) is 12.1 Å². The van der Waals surface area contributed by atoms with Crippen LogP contribution < -0.4 is 10.2 Å². The van der Waals surface area contributed by atoms with Gasteiger partial charge in [0.2, 0.25) is 0 Å². The molecule has 0 radical (unpaired) electrons. The molecule has 0 saturated heterocycles. The summed E-state index contributed by atoms with van der Waals surface area (Å²) in [6.45, 7) is 7.89. The maximum Gasteiger partial charge on any atom is 0.494 e. The van der Waals surface area contributed by atoms with Crippen LogP contribution >= 0.6 is 0 Å². The van der Waals surface area contributed by atoms with Crippen molar-refractivity contribution >= 4 is 18.6 Å². The first kappa shape index (κ1) is 28.4. The summed E-state index contributed by atoms with van der Waals surface area (Å²) in [5, 5.41) is 33.0. The standard InChI is InChI=1S/C30H40BFO7/c1-6-11-28(4)14-22(39-23(34)16-37-21-8-7-19-15-38-31(36)24(19)25(21)32)29(5)17(2)9-12-30(18(3)27(28)35)13-10-20(33)26(29)30/h1,7-8,17-18,20,22,26-27,33,35-36H,9-16H2,2-5H3/t17-,18+,20?,22-,26+,27+,28-,29+,30+/m1/s1. The molecule has 0 aromatic heterocycles. The molecule has 0 amide bonds. The summed E-state index contributed by atoms with van der Waals surface area (Å²) in [7, 11) is -1.38. The number of carbonyl (C=O) groups is 1. The Morgan fingerprint density at radius 2 is 1.97 bits per heavy atom. The quantitative estimate of drug-likeness (QED) is 0.299. The predicted octanol–water partition coefficient (Wildman–Crippen LogP) is 2.96. The van der Waals surface area contributed by atoms with Crippen LogP contribution in [0.2, 0.25) is 0 Å². The first-order chi connectivity index (χ1) is 18.4. The predicted molar refractivity (Wildman–Crippen MR) is 143 cm³/mol. The molecule has 2 bridgehead atoms. The summed E-state index contributed by atoms with van der Waals surface area (Å²) in [5.74, 6) is 1.06. The fourth-order valence-corrected chi connectivity index (χ4v) is 8.75. The van der Waals surface area contributed by atoms with Crippen molar-refractivity contribution in [2.24, 2.45) is 34.0 Å². The Kier molecular flexibility index (Phi) is 7.33. The Labute approximate surface area is 230 Å². The molecule has 9 atom stereocenters. The van der Waals surface area contributed by atoms with Crippen molar-refractivity contribution in [3.63, 3.8) is 0 Å². The third-order valence-electron chi connectivity index (χ3n) is 11.1. The van der Waals surface area contributed by atoms with E-state index in [0.717, 1.165) is 19.3 Å². The molecule has 1 aromatic rings. The zero-order valence-electron chi connectivity index (χ0n) is 23.3. The van der Waals surface area contributed by atoms with E-state index in [4.69, 9.17) is 20.6 Å². The van der Waals surface area contributed by atoms with Crippen molar-refractivity contribution in [3.05, 3.63) is 23.5 Å². The third kappa shape index (κ3) is 4.30. The number of terminal acetylenes is 1. The van der Waals surface area contributed by atoms with Gasteiger partial charge in [0.25, 0.3) is 0 Å². The van der Waals surface area contributed by atoms with Gasteiger partial charge in [-0.2, -0.15) is 0 Å². The van der Waals surface area contributed by atoms with Gasteiger partial charge in [0, 0.05) is 22.7 Å². The van der Waals surface area contributed by atoms with E-state index in [9.17, 15) is 24.4 Å². The SMILES string of the molecule is C#CC[C@]1(C)C[C@@H](OC(=O)COc2ccc3c(c2F)B(O)OC3)[C@]2(C)[C@H](C)CC[C@]3(CCC(O)[C@H]32)[C@@H](C)[C@@H]1O. The monoisotopic (exact) mass is 542 g/mol. The molecule has 9 heteroatoms. The number of aliphatic hydroxyl groups is 2. The van der Waals surface area contributed by atoms with Crippen LogP contribution in [-0.2, 0) is 20.8 Å². The van der Waals surface area contributed by atoms with E-state index in [2.05, 4.69) is 26.7 Å². The van der Waals surface area contributed by atoms with Crippen molar-refractivity contribution in [1.29, 1.82) is 0 Å². The number of fused-ring (bicyclic) bond motifs is 1. The van der Waals surface area contributed by atoms with Gasteiger partial charge < -0.3 is 29.4 Å². The minimum Gasteiger partial charge on any atom is -0.479 e. The van der Waals surface area contributed by atoms with Crippen LogP contribution in [0.5, 0.6) is 5.75 Å². The molecule has 39 heavy (non-hydrogen) atoms. The molecule has 0 spiro atoms. The van der Waals surface area contributed by atoms with E-state index in [1.54, 1.807) is 6.07 Å². The Balaban J connectivity index is 1.45. The molecule has 4 aliphatic rings. The molecule has 1 heterocycles. The highest BCUT2D eigenvalue weighted by molar-refractivity contribution is 6.61. The zero-order valence-corrected chi connectivity index (χ0v) is 23.3. The molecule has 3 fully saturated rings. The Hall–Kier alpha value is -2.12. The normalized spacial score (nSPS) is 41.2. The summed E-state index contributed by atoms with van der Waals surface area (Å²) in [4.78, 5) is 13.3. The van der Waals surface area contributed by atoms with E-state index in [0.29, 0.717) is 24.8 Å². The molecule has 7 nitrogen and oxygen atoms in total. The summed E-state index contributed by atoms with van der Waals surface area (Å²) < 4.78 is 31.8. The summed E-state index contributed by atoms with van der Waals surface area (Å²) >= 11 is 0. The number of ether oxygens (including phenoxy) is 2. The maximum atomic E-state index is 15.0. The molecule has 1 aliphatic heterocycles. The Morgan fingerprint density at radius 1 is 1.26 bits per heavy atom. The van der Waals surface area contributed by atoms with Crippen molar-refractivity contribution in [2.75, 3.05) is 6.61 Å². The Bertz CT molecular complexity index is 1170. The molecule has 3 N–H and O–H groups in total. The van der Waals surface area contributed by atoms with Gasteiger partial charge in [-0.15, -0.1) is 12.3 Å². The van der Waals surface area contributed by atoms with Gasteiger partial charge in [0.15, 0.2) is 18.2 Å². The third-order valence-corrected chi connectivity index (χ3v) is 11.1. The topological polar surface area (TPSA) is 105 Å². The largest absolute Gasteiger partial charge is 0.494 e. The highest BCUT2D eigenvalue weighted by Gasteiger charge is 2.68. The van der Waals surface area contributed by atoms with Crippen molar-refractivity contribution < 1.29 is 38.6 Å². The van der Waals surface area contributed by atoms with Gasteiger partial charge >= 0.3 is 13.1 Å². The van der Waals surface area contributed by atoms with Crippen LogP contribution in [-0.4, -0.2) is 53.2 Å². The lowest BCUT2D eigenvalue weighted by Gasteiger charge is -2.63. The zero-order chi connectivity index (χ0) is 28.3. The van der Waals surface area contributed by atoms with Crippen molar-refractivity contribution in [3.8, 4) is 18.1 Å². The van der Waals surface area contributed by atoms with E-state index in [-0.39, 0.29) is 41.0 Å². The van der Waals surface area contributed by atoms with Gasteiger partial charge in [-0.05, 0) is 66.9 Å². The lowest BCUT2D eigenvalue weighted by Crippen LogP contribution is -2.63. The van der Waals surface area contributed by atoms with E-state index < -0.39 is 54.7 Å². The Morgan fingerprint density at radius 3 is 2.69 bits per heavy atom. The van der Waals surface area contributed by atoms with Gasteiger partial charge in [-0.3, -0.25) is 0 Å². The average Bonchev–Trinajstić information content (AvgIpc) is 3.45. The molecular weight excluding hydrogens is 502 g/mol. The van der Waals surface area contributed by atoms with Crippen LogP contribution in [0.25, 0.3) is 0 Å². The van der Waals surface area contributed by atoms with Gasteiger partial charge in [0.1, 0.15) is 6.10 Å². The fraction of sp³-hybridized carbons (Fsp3) is 0.700. The summed E-state index contributed by atoms with van der Waals surface area (Å²) in [6.07, 6.45) is 7.76. The van der Waals surface area contributed by atoms with Gasteiger partial charge in [-0.1, -0.05) is 33.8 Å². The smallest absolute Gasteiger partial charge is 0.479 e. The van der Waals surface area contributed by atoms with E-state index in [1.807, 2.05) is 6.92 Å². The van der Waals surface area contributed by atoms with Crippen LogP contribution in [0, 0.1) is 52.2 Å². The number of rotatable bonds is 5. The first-order valence-electron chi connectivity index (χ1n) is 14.1. The van der Waals surface area contributed by atoms with E-state index in [1.165, 1.54) is 6.07 Å². The van der Waals surface area contributed by atoms with E-state index >= 15 is 0 Å². The second kappa shape index (κ2) is 10.1. The second-order valence-corrected chi connectivity index (χ2v) is 13.0. The number of benzene rings is 1. The minimum atomic E-state index is -1.38. The number of carbonyl (C=O) groups excluding carboxylic acids is 1. The van der Waals surface area contributed by atoms with Crippen LogP contribution in [0.1, 0.15) is 71.8 Å². The number of hydrogen-bond acceptors (Lipinski definition) is 7. The minimum absolute atomic E-state index is 0.0177. The van der Waals surface area contributed by atoms with Gasteiger partial charge in [0.05, 0.1) is 18.8 Å². The molecule has 5 rings (SSSR count). The maximum absolute atomic E-state index is 15.0. The molecule has 3 saturated carbocycles. The number of hydrogen-bond donors (Lipinski definition) is 3. The molecule has 1 unspecified atom stereocenters. The van der Waals surface area contributed by atoms with Crippen LogP contribution in [0.3, 0.4) is 0 Å². The number of halogens is 1. The fourth-order valence-electron chi connectivity index (χ4n) is 8.75.